The van der Waals surface area contributed by atoms with Gasteiger partial charge in [-0.1, -0.05) is 25.1 Å². The summed E-state index contributed by atoms with van der Waals surface area (Å²) in [6, 6.07) is 9.51. The van der Waals surface area contributed by atoms with Gasteiger partial charge in [0.2, 0.25) is 0 Å². The lowest BCUT2D eigenvalue weighted by atomic mass is 9.96. The van der Waals surface area contributed by atoms with Crippen LogP contribution >= 0.6 is 0 Å². The van der Waals surface area contributed by atoms with Gasteiger partial charge < -0.3 is 9.73 Å². The Morgan fingerprint density at radius 2 is 2.05 bits per heavy atom. The van der Waals surface area contributed by atoms with E-state index >= 15 is 0 Å². The van der Waals surface area contributed by atoms with Gasteiger partial charge in [0.05, 0.1) is 6.26 Å². The van der Waals surface area contributed by atoms with Crippen molar-refractivity contribution in [2.75, 3.05) is 6.54 Å². The number of hydrogen-bond acceptors (Lipinski definition) is 2. The van der Waals surface area contributed by atoms with Crippen molar-refractivity contribution in [3.05, 3.63) is 58.5 Å². The molecular weight excluding hydrogens is 258 g/mol. The maximum absolute atomic E-state index is 5.50. The van der Waals surface area contributed by atoms with E-state index in [9.17, 15) is 0 Å². The van der Waals surface area contributed by atoms with E-state index in [1.807, 2.05) is 0 Å². The van der Waals surface area contributed by atoms with E-state index in [-0.39, 0.29) is 0 Å². The van der Waals surface area contributed by atoms with Crippen molar-refractivity contribution in [3.63, 3.8) is 0 Å². The number of furan rings is 1. The average molecular weight is 283 g/mol. The number of hydrogen-bond donors (Lipinski definition) is 1. The molecule has 112 valence electrons. The lowest BCUT2D eigenvalue weighted by Crippen LogP contribution is -2.24. The van der Waals surface area contributed by atoms with Gasteiger partial charge in [0.15, 0.2) is 0 Å². The fraction of sp³-hybridized carbons (Fsp3) is 0.474. The molecule has 2 aromatic rings. The summed E-state index contributed by atoms with van der Waals surface area (Å²) in [4.78, 5) is 0. The lowest BCUT2D eigenvalue weighted by Gasteiger charge is -2.19. The Hall–Kier alpha value is -1.54. The first-order valence-corrected chi connectivity index (χ1v) is 8.16. The van der Waals surface area contributed by atoms with Gasteiger partial charge in [0, 0.05) is 11.6 Å². The maximum Gasteiger partial charge on any atom is 0.105 e. The van der Waals surface area contributed by atoms with Gasteiger partial charge in [0.25, 0.3) is 0 Å². The topological polar surface area (TPSA) is 25.2 Å². The lowest BCUT2D eigenvalue weighted by molar-refractivity contribution is 0.494. The average Bonchev–Trinajstić information content (AvgIpc) is 3.11. The fourth-order valence-electron chi connectivity index (χ4n) is 3.35. The highest BCUT2D eigenvalue weighted by atomic mass is 16.3. The van der Waals surface area contributed by atoms with Crippen LogP contribution in [0.1, 0.15) is 53.8 Å². The van der Waals surface area contributed by atoms with Crippen LogP contribution in [0.5, 0.6) is 0 Å². The highest BCUT2D eigenvalue weighted by Crippen LogP contribution is 2.27. The molecule has 1 atom stereocenters. The zero-order chi connectivity index (χ0) is 14.7. The molecule has 2 nitrogen and oxygen atoms in total. The zero-order valence-electron chi connectivity index (χ0n) is 13.1. The zero-order valence-corrected chi connectivity index (χ0v) is 13.1. The van der Waals surface area contributed by atoms with Crippen LogP contribution in [0.4, 0.5) is 0 Å². The van der Waals surface area contributed by atoms with E-state index < -0.39 is 0 Å². The first-order valence-electron chi connectivity index (χ1n) is 8.16. The highest BCUT2D eigenvalue weighted by molar-refractivity contribution is 5.36. The molecule has 1 unspecified atom stereocenters. The van der Waals surface area contributed by atoms with Crippen LogP contribution in [0, 0.1) is 6.92 Å². The van der Waals surface area contributed by atoms with Crippen LogP contribution in [0.3, 0.4) is 0 Å². The number of aryl methyl sites for hydroxylation is 3. The highest BCUT2D eigenvalue weighted by Gasteiger charge is 2.17. The van der Waals surface area contributed by atoms with Crippen LogP contribution in [0.25, 0.3) is 0 Å². The Kier molecular flexibility index (Phi) is 4.45. The summed E-state index contributed by atoms with van der Waals surface area (Å²) in [6.45, 7) is 5.31. The van der Waals surface area contributed by atoms with Crippen molar-refractivity contribution in [3.8, 4) is 0 Å². The molecule has 0 saturated carbocycles. The van der Waals surface area contributed by atoms with E-state index in [0.717, 1.165) is 25.1 Å². The Bertz CT molecular complexity index is 599. The number of benzene rings is 1. The van der Waals surface area contributed by atoms with Crippen molar-refractivity contribution in [1.29, 1.82) is 0 Å². The van der Waals surface area contributed by atoms with Gasteiger partial charge in [-0.05, 0) is 68.3 Å². The number of rotatable bonds is 6. The second-order valence-corrected chi connectivity index (χ2v) is 6.10. The largest absolute Gasteiger partial charge is 0.469 e. The van der Waals surface area contributed by atoms with Crippen molar-refractivity contribution in [2.24, 2.45) is 0 Å². The third-order valence-electron chi connectivity index (χ3n) is 4.52. The van der Waals surface area contributed by atoms with E-state index in [1.165, 1.54) is 30.4 Å². The Morgan fingerprint density at radius 1 is 1.19 bits per heavy atom. The van der Waals surface area contributed by atoms with Crippen molar-refractivity contribution in [2.45, 2.75) is 52.0 Å². The van der Waals surface area contributed by atoms with Crippen LogP contribution in [0.2, 0.25) is 0 Å². The molecule has 0 spiro atoms. The normalized spacial score (nSPS) is 15.1. The summed E-state index contributed by atoms with van der Waals surface area (Å²) in [5.41, 5.74) is 5.84. The van der Waals surface area contributed by atoms with Crippen LogP contribution in [0.15, 0.2) is 34.9 Å². The van der Waals surface area contributed by atoms with Gasteiger partial charge in [-0.25, -0.2) is 0 Å². The molecule has 3 rings (SSSR count). The van der Waals surface area contributed by atoms with Gasteiger partial charge in [-0.3, -0.25) is 0 Å². The van der Waals surface area contributed by atoms with E-state index in [0.29, 0.717) is 6.04 Å². The van der Waals surface area contributed by atoms with Crippen molar-refractivity contribution in [1.82, 2.24) is 5.32 Å². The second kappa shape index (κ2) is 6.48. The summed E-state index contributed by atoms with van der Waals surface area (Å²) < 4.78 is 5.50. The molecule has 1 aliphatic carbocycles. The predicted octanol–water partition coefficient (Wildman–Crippen LogP) is 4.36. The van der Waals surface area contributed by atoms with Gasteiger partial charge in [-0.2, -0.15) is 0 Å². The number of fused-ring (bicyclic) bond motifs is 1. The molecule has 1 aromatic carbocycles. The van der Waals surface area contributed by atoms with Crippen molar-refractivity contribution >= 4 is 0 Å². The first-order chi connectivity index (χ1) is 10.3. The van der Waals surface area contributed by atoms with Crippen LogP contribution < -0.4 is 5.32 Å². The SMILES string of the molecule is CCCNC(Cc1ccc2c(c1)CCC2)c1ccoc1C. The molecule has 1 N–H and O–H groups in total. The predicted molar refractivity (Wildman–Crippen MR) is 86.7 cm³/mol. The molecule has 2 heteroatoms. The minimum absolute atomic E-state index is 0.350. The van der Waals surface area contributed by atoms with E-state index in [4.69, 9.17) is 4.42 Å². The molecule has 0 aliphatic heterocycles. The summed E-state index contributed by atoms with van der Waals surface area (Å²) in [7, 11) is 0. The molecular formula is C19H25NO. The third kappa shape index (κ3) is 3.21. The summed E-state index contributed by atoms with van der Waals surface area (Å²) in [5, 5.41) is 3.67. The third-order valence-corrected chi connectivity index (χ3v) is 4.52. The maximum atomic E-state index is 5.50. The monoisotopic (exact) mass is 283 g/mol. The van der Waals surface area contributed by atoms with Gasteiger partial charge in [0.1, 0.15) is 5.76 Å². The molecule has 1 heterocycles. The van der Waals surface area contributed by atoms with E-state index in [1.54, 1.807) is 17.4 Å². The molecule has 0 bridgehead atoms. The van der Waals surface area contributed by atoms with Crippen molar-refractivity contribution < 1.29 is 4.42 Å². The molecule has 0 amide bonds. The Labute approximate surface area is 127 Å². The molecule has 21 heavy (non-hydrogen) atoms. The molecule has 1 aliphatic rings. The smallest absolute Gasteiger partial charge is 0.105 e. The molecule has 0 fully saturated rings. The second-order valence-electron chi connectivity index (χ2n) is 6.10. The first kappa shape index (κ1) is 14.4. The minimum Gasteiger partial charge on any atom is -0.469 e. The van der Waals surface area contributed by atoms with E-state index in [2.05, 4.69) is 43.4 Å². The standard InChI is InChI=1S/C19H25NO/c1-3-10-20-19(18-9-11-21-14(18)2)13-15-7-8-16-5-4-6-17(16)12-15/h7-9,11-12,19-20H,3-6,10,13H2,1-2H3. The van der Waals surface area contributed by atoms with Crippen LogP contribution in [-0.4, -0.2) is 6.54 Å². The van der Waals surface area contributed by atoms with Crippen LogP contribution in [-0.2, 0) is 19.3 Å². The summed E-state index contributed by atoms with van der Waals surface area (Å²) in [6.07, 6.45) is 7.81. The molecule has 0 saturated heterocycles. The van der Waals surface area contributed by atoms with Gasteiger partial charge >= 0.3 is 0 Å². The Balaban J connectivity index is 1.79. The number of nitrogens with one attached hydrogen (secondary N) is 1. The van der Waals surface area contributed by atoms with Gasteiger partial charge in [-0.15, -0.1) is 0 Å². The molecule has 1 aromatic heterocycles. The molecule has 0 radical (unpaired) electrons. The fourth-order valence-corrected chi connectivity index (χ4v) is 3.35. The summed E-state index contributed by atoms with van der Waals surface area (Å²) >= 11 is 0. The quantitative estimate of drug-likeness (QED) is 0.852. The Morgan fingerprint density at radius 3 is 2.81 bits per heavy atom. The minimum atomic E-state index is 0.350. The summed E-state index contributed by atoms with van der Waals surface area (Å²) in [5.74, 6) is 1.03.